The Kier molecular flexibility index (Phi) is 4.53. The lowest BCUT2D eigenvalue weighted by Gasteiger charge is -2.19. The van der Waals surface area contributed by atoms with Crippen LogP contribution in [0.4, 0.5) is 4.39 Å². The quantitative estimate of drug-likeness (QED) is 0.857. The summed E-state index contributed by atoms with van der Waals surface area (Å²) in [5.41, 5.74) is 1.15. The van der Waals surface area contributed by atoms with Crippen LogP contribution in [0.25, 0.3) is 0 Å². The van der Waals surface area contributed by atoms with E-state index in [1.54, 1.807) is 30.3 Å². The average molecular weight is 329 g/mol. The number of aliphatic hydroxyl groups is 1. The molecule has 1 unspecified atom stereocenters. The number of methoxy groups -OCH3 is 1. The Balaban J connectivity index is 1.65. The minimum atomic E-state index is -1.26. The fourth-order valence-corrected chi connectivity index (χ4v) is 2.85. The van der Waals surface area contributed by atoms with Crippen molar-refractivity contribution in [1.29, 1.82) is 0 Å². The van der Waals surface area contributed by atoms with Gasteiger partial charge in [0, 0.05) is 12.0 Å². The molecule has 1 fully saturated rings. The molecule has 0 radical (unpaired) electrons. The lowest BCUT2D eigenvalue weighted by atomic mass is 9.95. The summed E-state index contributed by atoms with van der Waals surface area (Å²) >= 11 is 0. The molecule has 2 aromatic carbocycles. The summed E-state index contributed by atoms with van der Waals surface area (Å²) in [6.07, 6.45) is 0.529. The van der Waals surface area contributed by atoms with Crippen molar-refractivity contribution in [3.63, 3.8) is 0 Å². The van der Waals surface area contributed by atoms with Crippen LogP contribution >= 0.6 is 0 Å². The smallest absolute Gasteiger partial charge is 0.253 e. The Bertz CT molecular complexity index is 743. The zero-order valence-electron chi connectivity index (χ0n) is 13.5. The third-order valence-corrected chi connectivity index (χ3v) is 4.55. The Morgan fingerprint density at radius 3 is 2.71 bits per heavy atom. The van der Waals surface area contributed by atoms with Gasteiger partial charge in [-0.1, -0.05) is 24.3 Å². The number of halogens is 1. The van der Waals surface area contributed by atoms with Gasteiger partial charge in [-0.2, -0.15) is 0 Å². The van der Waals surface area contributed by atoms with E-state index in [1.165, 1.54) is 19.2 Å². The third kappa shape index (κ3) is 3.41. The predicted octanol–water partition coefficient (Wildman–Crippen LogP) is 2.72. The molecule has 0 heterocycles. The number of amides is 1. The number of carbonyl (C=O) groups excluding carboxylic acids is 1. The summed E-state index contributed by atoms with van der Waals surface area (Å²) in [7, 11) is 1.53. The Hall–Kier alpha value is -2.40. The summed E-state index contributed by atoms with van der Waals surface area (Å²) in [5, 5.41) is 13.0. The van der Waals surface area contributed by atoms with E-state index < -0.39 is 12.0 Å². The molecule has 2 N–H and O–H groups in total. The van der Waals surface area contributed by atoms with E-state index in [2.05, 4.69) is 5.32 Å². The zero-order valence-corrected chi connectivity index (χ0v) is 13.5. The van der Waals surface area contributed by atoms with Crippen LogP contribution in [-0.2, 0) is 10.2 Å². The second-order valence-corrected chi connectivity index (χ2v) is 6.19. The number of carbonyl (C=O) groups is 1. The lowest BCUT2D eigenvalue weighted by Crippen LogP contribution is -2.35. The minimum Gasteiger partial charge on any atom is -0.497 e. The second-order valence-electron chi connectivity index (χ2n) is 6.19. The molecule has 1 amide bonds. The first kappa shape index (κ1) is 16.5. The maximum absolute atomic E-state index is 13.4. The van der Waals surface area contributed by atoms with Gasteiger partial charge in [0.15, 0.2) is 6.10 Å². The van der Waals surface area contributed by atoms with Crippen LogP contribution in [0.1, 0.15) is 30.1 Å². The van der Waals surface area contributed by atoms with Crippen LogP contribution in [0.5, 0.6) is 5.75 Å². The van der Waals surface area contributed by atoms with Crippen LogP contribution in [-0.4, -0.2) is 24.7 Å². The Morgan fingerprint density at radius 1 is 1.29 bits per heavy atom. The first-order valence-corrected chi connectivity index (χ1v) is 7.90. The largest absolute Gasteiger partial charge is 0.497 e. The van der Waals surface area contributed by atoms with Crippen molar-refractivity contribution in [3.8, 4) is 5.75 Å². The van der Waals surface area contributed by atoms with E-state index in [9.17, 15) is 14.3 Å². The molecule has 1 saturated carbocycles. The van der Waals surface area contributed by atoms with Gasteiger partial charge in [0.2, 0.25) is 0 Å². The lowest BCUT2D eigenvalue weighted by molar-refractivity contribution is -0.129. The normalized spacial score (nSPS) is 16.3. The molecule has 3 rings (SSSR count). The van der Waals surface area contributed by atoms with Crippen molar-refractivity contribution in [2.45, 2.75) is 24.4 Å². The van der Waals surface area contributed by atoms with Crippen LogP contribution in [0, 0.1) is 5.82 Å². The van der Waals surface area contributed by atoms with Gasteiger partial charge in [-0.05, 0) is 48.2 Å². The van der Waals surface area contributed by atoms with Gasteiger partial charge in [0.25, 0.3) is 5.91 Å². The molecule has 1 aliphatic carbocycles. The number of aliphatic hydroxyl groups excluding tert-OH is 1. The van der Waals surface area contributed by atoms with Gasteiger partial charge in [0.1, 0.15) is 11.6 Å². The molecule has 0 aromatic heterocycles. The summed E-state index contributed by atoms with van der Waals surface area (Å²) in [6, 6.07) is 13.2. The van der Waals surface area contributed by atoms with Gasteiger partial charge in [-0.3, -0.25) is 4.79 Å². The Labute approximate surface area is 140 Å². The molecular weight excluding hydrogens is 309 g/mol. The predicted molar refractivity (Wildman–Crippen MR) is 88.3 cm³/mol. The van der Waals surface area contributed by atoms with Gasteiger partial charge >= 0.3 is 0 Å². The van der Waals surface area contributed by atoms with Crippen molar-refractivity contribution in [3.05, 3.63) is 65.5 Å². The summed E-state index contributed by atoms with van der Waals surface area (Å²) in [4.78, 5) is 12.2. The highest BCUT2D eigenvalue weighted by Crippen LogP contribution is 2.47. The van der Waals surface area contributed by atoms with Gasteiger partial charge in [-0.15, -0.1) is 0 Å². The first-order chi connectivity index (χ1) is 11.5. The molecule has 1 aliphatic rings. The average Bonchev–Trinajstić information content (AvgIpc) is 3.40. The summed E-state index contributed by atoms with van der Waals surface area (Å²) in [6.45, 7) is 0.385. The third-order valence-electron chi connectivity index (χ3n) is 4.55. The van der Waals surface area contributed by atoms with E-state index >= 15 is 0 Å². The number of hydrogen-bond acceptors (Lipinski definition) is 3. The summed E-state index contributed by atoms with van der Waals surface area (Å²) in [5.74, 6) is -0.162. The topological polar surface area (TPSA) is 58.6 Å². The molecule has 4 nitrogen and oxygen atoms in total. The van der Waals surface area contributed by atoms with E-state index in [0.717, 1.165) is 18.4 Å². The molecule has 0 bridgehead atoms. The molecule has 0 aliphatic heterocycles. The minimum absolute atomic E-state index is 0.216. The van der Waals surface area contributed by atoms with Gasteiger partial charge < -0.3 is 15.2 Å². The highest BCUT2D eigenvalue weighted by atomic mass is 19.1. The second kappa shape index (κ2) is 6.61. The number of rotatable bonds is 6. The Morgan fingerprint density at radius 2 is 2.04 bits per heavy atom. The molecule has 0 saturated heterocycles. The van der Waals surface area contributed by atoms with E-state index in [1.807, 2.05) is 6.07 Å². The molecule has 126 valence electrons. The zero-order chi connectivity index (χ0) is 17.2. The van der Waals surface area contributed by atoms with Crippen LogP contribution in [0.2, 0.25) is 0 Å². The number of ether oxygens (including phenoxy) is 1. The highest BCUT2D eigenvalue weighted by Gasteiger charge is 2.44. The van der Waals surface area contributed by atoms with Crippen LogP contribution in [0.15, 0.2) is 48.5 Å². The molecule has 2 aromatic rings. The van der Waals surface area contributed by atoms with Crippen LogP contribution in [0.3, 0.4) is 0 Å². The van der Waals surface area contributed by atoms with Crippen molar-refractivity contribution < 1.29 is 19.0 Å². The maximum Gasteiger partial charge on any atom is 0.253 e. The highest BCUT2D eigenvalue weighted by molar-refractivity contribution is 5.82. The number of benzene rings is 2. The molecular formula is C19H20FNO3. The first-order valence-electron chi connectivity index (χ1n) is 7.90. The molecule has 5 heteroatoms. The van der Waals surface area contributed by atoms with Crippen molar-refractivity contribution >= 4 is 5.91 Å². The monoisotopic (exact) mass is 329 g/mol. The molecule has 0 spiro atoms. The van der Waals surface area contributed by atoms with E-state index in [0.29, 0.717) is 17.9 Å². The van der Waals surface area contributed by atoms with E-state index in [-0.39, 0.29) is 11.2 Å². The fourth-order valence-electron chi connectivity index (χ4n) is 2.85. The number of nitrogens with one attached hydrogen (secondary N) is 1. The van der Waals surface area contributed by atoms with Gasteiger partial charge in [0.05, 0.1) is 7.11 Å². The fraction of sp³-hybridized carbons (Fsp3) is 0.316. The maximum atomic E-state index is 13.4. The standard InChI is InChI=1S/C19H20FNO3/c1-24-16-7-2-4-13(10-16)17(22)18(23)21-12-19(8-9-19)14-5-3-6-15(20)11-14/h2-7,10-11,17,22H,8-9,12H2,1H3,(H,21,23). The van der Waals surface area contributed by atoms with Gasteiger partial charge in [-0.25, -0.2) is 4.39 Å². The van der Waals surface area contributed by atoms with Crippen molar-refractivity contribution in [1.82, 2.24) is 5.32 Å². The number of hydrogen-bond donors (Lipinski definition) is 2. The SMILES string of the molecule is COc1cccc(C(O)C(=O)NCC2(c3cccc(F)c3)CC2)c1. The van der Waals surface area contributed by atoms with Crippen LogP contribution < -0.4 is 10.1 Å². The summed E-state index contributed by atoms with van der Waals surface area (Å²) < 4.78 is 18.5. The van der Waals surface area contributed by atoms with Crippen molar-refractivity contribution in [2.24, 2.45) is 0 Å². The molecule has 1 atom stereocenters. The van der Waals surface area contributed by atoms with E-state index in [4.69, 9.17) is 4.74 Å². The van der Waals surface area contributed by atoms with Crippen molar-refractivity contribution in [2.75, 3.05) is 13.7 Å². The molecule has 24 heavy (non-hydrogen) atoms.